The largest absolute Gasteiger partial charge is 0.507 e. The van der Waals surface area contributed by atoms with Crippen LogP contribution in [0.3, 0.4) is 0 Å². The minimum Gasteiger partial charge on any atom is -0.507 e. The van der Waals surface area contributed by atoms with Gasteiger partial charge < -0.3 is 24.2 Å². The van der Waals surface area contributed by atoms with E-state index < -0.39 is 6.04 Å². The lowest BCUT2D eigenvalue weighted by atomic mass is 9.93. The number of H-pyrrole nitrogens is 1. The van der Waals surface area contributed by atoms with Crippen molar-refractivity contribution < 1.29 is 24.1 Å². The second-order valence-corrected chi connectivity index (χ2v) is 9.82. The minimum absolute atomic E-state index is 0.0140. The summed E-state index contributed by atoms with van der Waals surface area (Å²) < 4.78 is 17.8. The molecule has 2 aromatic carbocycles. The van der Waals surface area contributed by atoms with Crippen molar-refractivity contribution in [3.8, 4) is 28.5 Å². The van der Waals surface area contributed by atoms with Gasteiger partial charge in [-0.2, -0.15) is 5.10 Å². The van der Waals surface area contributed by atoms with Gasteiger partial charge in [-0.05, 0) is 74.9 Å². The highest BCUT2D eigenvalue weighted by molar-refractivity contribution is 6.00. The number of phenols is 1. The average molecular weight is 506 g/mol. The first kappa shape index (κ1) is 25.1. The monoisotopic (exact) mass is 505 g/mol. The number of hydrogen-bond donors (Lipinski definition) is 2. The van der Waals surface area contributed by atoms with E-state index in [4.69, 9.17) is 14.2 Å². The number of nitrogens with zero attached hydrogens (tertiary/aromatic N) is 2. The van der Waals surface area contributed by atoms with Crippen molar-refractivity contribution >= 4 is 5.91 Å². The van der Waals surface area contributed by atoms with Gasteiger partial charge in [0.25, 0.3) is 5.91 Å². The molecule has 0 bridgehead atoms. The number of fused-ring (bicyclic) bond motifs is 1. The van der Waals surface area contributed by atoms with Gasteiger partial charge in [0.1, 0.15) is 17.1 Å². The maximum Gasteiger partial charge on any atom is 0.273 e. The summed E-state index contributed by atoms with van der Waals surface area (Å²) >= 11 is 0. The van der Waals surface area contributed by atoms with Crippen LogP contribution >= 0.6 is 0 Å². The van der Waals surface area contributed by atoms with Crippen molar-refractivity contribution in [3.05, 3.63) is 58.3 Å². The molecule has 2 unspecified atom stereocenters. The number of benzene rings is 2. The van der Waals surface area contributed by atoms with E-state index in [2.05, 4.69) is 17.1 Å². The number of nitrogens with one attached hydrogen (secondary N) is 1. The molecule has 2 aliphatic rings. The number of aromatic hydroxyl groups is 1. The fraction of sp³-hybridized carbons (Fsp3) is 0.448. The third kappa shape index (κ3) is 4.66. The van der Waals surface area contributed by atoms with Gasteiger partial charge in [0, 0.05) is 24.3 Å². The Morgan fingerprint density at radius 1 is 1.16 bits per heavy atom. The molecule has 196 valence electrons. The quantitative estimate of drug-likeness (QED) is 0.409. The molecule has 0 aliphatic carbocycles. The maximum atomic E-state index is 13.7. The molecule has 37 heavy (non-hydrogen) atoms. The lowest BCUT2D eigenvalue weighted by Crippen LogP contribution is -2.36. The third-order valence-electron chi connectivity index (χ3n) is 7.03. The molecule has 0 spiro atoms. The normalized spacial score (nSPS) is 18.9. The molecule has 0 saturated carbocycles. The second kappa shape index (κ2) is 10.5. The molecule has 1 fully saturated rings. The van der Waals surface area contributed by atoms with Crippen LogP contribution < -0.4 is 9.47 Å². The highest BCUT2D eigenvalue weighted by atomic mass is 16.5. The zero-order valence-electron chi connectivity index (χ0n) is 22.0. The first-order valence-corrected chi connectivity index (χ1v) is 13.1. The van der Waals surface area contributed by atoms with E-state index >= 15 is 0 Å². The second-order valence-electron chi connectivity index (χ2n) is 9.82. The molecule has 8 heteroatoms. The number of phenolic OH excluding ortho intramolecular Hbond substituents is 1. The summed E-state index contributed by atoms with van der Waals surface area (Å²) in [7, 11) is 0. The molecule has 0 radical (unpaired) electrons. The molecule has 2 N–H and O–H groups in total. The highest BCUT2D eigenvalue weighted by Crippen LogP contribution is 2.47. The Labute approximate surface area is 217 Å². The molecule has 5 rings (SSSR count). The summed E-state index contributed by atoms with van der Waals surface area (Å²) in [4.78, 5) is 15.6. The molecule has 2 aliphatic heterocycles. The molecule has 8 nitrogen and oxygen atoms in total. The van der Waals surface area contributed by atoms with Gasteiger partial charge >= 0.3 is 0 Å². The van der Waals surface area contributed by atoms with Crippen molar-refractivity contribution in [2.24, 2.45) is 0 Å². The van der Waals surface area contributed by atoms with Crippen molar-refractivity contribution in [2.75, 3.05) is 26.4 Å². The van der Waals surface area contributed by atoms with Crippen LogP contribution in [0, 0.1) is 13.8 Å². The summed E-state index contributed by atoms with van der Waals surface area (Å²) in [6, 6.07) is 9.19. The molecular weight excluding hydrogens is 470 g/mol. The van der Waals surface area contributed by atoms with Crippen LogP contribution in [0.2, 0.25) is 0 Å². The zero-order valence-corrected chi connectivity index (χ0v) is 22.0. The molecule has 1 amide bonds. The molecule has 3 aromatic rings. The topological polar surface area (TPSA) is 96.9 Å². The Balaban J connectivity index is 1.65. The van der Waals surface area contributed by atoms with Crippen LogP contribution in [-0.2, 0) is 4.74 Å². The van der Waals surface area contributed by atoms with Crippen LogP contribution in [0.5, 0.6) is 17.2 Å². The summed E-state index contributed by atoms with van der Waals surface area (Å²) in [6.07, 6.45) is 2.78. The number of rotatable bonds is 9. The SMILES string of the molecule is CCCOc1ccc(C2c3c(-c4c(C)cc(C)cc4O)n[nH]c3C(=O)N2CC2CCCO2)cc1OCC. The van der Waals surface area contributed by atoms with Crippen LogP contribution in [-0.4, -0.2) is 58.6 Å². The Morgan fingerprint density at radius 2 is 2.00 bits per heavy atom. The summed E-state index contributed by atoms with van der Waals surface area (Å²) in [5.41, 5.74) is 5.17. The Kier molecular flexibility index (Phi) is 7.11. The van der Waals surface area contributed by atoms with E-state index in [1.165, 1.54) is 0 Å². The number of ether oxygens (including phenoxy) is 3. The standard InChI is InChI=1S/C29H35N3O5/c1-5-11-37-22-10-9-19(15-23(22)35-6-2)28-25-26(24-18(4)13-17(3)14-21(24)33)30-31-27(25)29(34)32(28)16-20-8-7-12-36-20/h9-10,13-15,20,28,33H,5-8,11-12,16H2,1-4H3,(H,30,31). The molecule has 2 atom stereocenters. The van der Waals surface area contributed by atoms with Gasteiger partial charge in [-0.25, -0.2) is 0 Å². The maximum absolute atomic E-state index is 13.7. The number of amides is 1. The van der Waals surface area contributed by atoms with Crippen LogP contribution in [0.15, 0.2) is 30.3 Å². The van der Waals surface area contributed by atoms with Crippen molar-refractivity contribution in [1.82, 2.24) is 15.1 Å². The fourth-order valence-electron chi connectivity index (χ4n) is 5.48. The van der Waals surface area contributed by atoms with E-state index in [1.807, 2.05) is 49.9 Å². The average Bonchev–Trinajstić information content (AvgIpc) is 3.58. The molecular formula is C29H35N3O5. The van der Waals surface area contributed by atoms with Crippen LogP contribution in [0.25, 0.3) is 11.3 Å². The smallest absolute Gasteiger partial charge is 0.273 e. The summed E-state index contributed by atoms with van der Waals surface area (Å²) in [5.74, 6) is 1.35. The van der Waals surface area contributed by atoms with Gasteiger partial charge in [0.2, 0.25) is 0 Å². The molecule has 1 saturated heterocycles. The van der Waals surface area contributed by atoms with Crippen molar-refractivity contribution in [1.29, 1.82) is 0 Å². The van der Waals surface area contributed by atoms with Crippen molar-refractivity contribution in [2.45, 2.75) is 59.1 Å². The predicted molar refractivity (Wildman–Crippen MR) is 140 cm³/mol. The number of hydrogen-bond acceptors (Lipinski definition) is 6. The van der Waals surface area contributed by atoms with E-state index in [9.17, 15) is 9.90 Å². The van der Waals surface area contributed by atoms with Crippen LogP contribution in [0.4, 0.5) is 0 Å². The van der Waals surface area contributed by atoms with Gasteiger partial charge in [-0.15, -0.1) is 0 Å². The van der Waals surface area contributed by atoms with E-state index in [1.54, 1.807) is 6.07 Å². The van der Waals surface area contributed by atoms with Crippen molar-refractivity contribution in [3.63, 3.8) is 0 Å². The minimum atomic E-state index is -0.417. The lowest BCUT2D eigenvalue weighted by Gasteiger charge is -2.29. The van der Waals surface area contributed by atoms with E-state index in [-0.39, 0.29) is 17.8 Å². The predicted octanol–water partition coefficient (Wildman–Crippen LogP) is 5.31. The Morgan fingerprint density at radius 3 is 2.70 bits per heavy atom. The molecule has 3 heterocycles. The third-order valence-corrected chi connectivity index (χ3v) is 7.03. The van der Waals surface area contributed by atoms with Gasteiger partial charge in [0.05, 0.1) is 25.4 Å². The Hall–Kier alpha value is -3.52. The zero-order chi connectivity index (χ0) is 26.1. The number of aromatic amines is 1. The number of aryl methyl sites for hydroxylation is 2. The Bertz CT molecular complexity index is 1270. The highest BCUT2D eigenvalue weighted by Gasteiger charge is 2.44. The van der Waals surface area contributed by atoms with Crippen LogP contribution in [0.1, 0.15) is 71.9 Å². The van der Waals surface area contributed by atoms with Gasteiger partial charge in [-0.3, -0.25) is 9.89 Å². The van der Waals surface area contributed by atoms with Gasteiger partial charge in [-0.1, -0.05) is 19.1 Å². The van der Waals surface area contributed by atoms with E-state index in [0.29, 0.717) is 54.8 Å². The number of carbonyl (C=O) groups is 1. The molecule has 1 aromatic heterocycles. The fourth-order valence-corrected chi connectivity index (χ4v) is 5.48. The number of carbonyl (C=O) groups excluding carboxylic acids is 1. The summed E-state index contributed by atoms with van der Waals surface area (Å²) in [5, 5.41) is 18.5. The summed E-state index contributed by atoms with van der Waals surface area (Å²) in [6.45, 7) is 10.2. The first-order valence-electron chi connectivity index (χ1n) is 13.1. The van der Waals surface area contributed by atoms with E-state index in [0.717, 1.165) is 41.5 Å². The number of aromatic nitrogens is 2. The first-order chi connectivity index (χ1) is 17.9. The van der Waals surface area contributed by atoms with Gasteiger partial charge in [0.15, 0.2) is 11.5 Å². The lowest BCUT2D eigenvalue weighted by molar-refractivity contribution is 0.0495.